The van der Waals surface area contributed by atoms with Crippen molar-refractivity contribution < 1.29 is 18.9 Å². The van der Waals surface area contributed by atoms with Crippen LogP contribution in [0.3, 0.4) is 0 Å². The molecule has 10 nitrogen and oxygen atoms in total. The lowest BCUT2D eigenvalue weighted by molar-refractivity contribution is -0.384. The van der Waals surface area contributed by atoms with E-state index in [1.165, 1.54) is 12.1 Å². The van der Waals surface area contributed by atoms with Crippen LogP contribution in [0.15, 0.2) is 52.9 Å². The number of methoxy groups -OCH3 is 1. The van der Waals surface area contributed by atoms with Gasteiger partial charge in [0.2, 0.25) is 17.7 Å². The maximum atomic E-state index is 12.7. The Labute approximate surface area is 190 Å². The van der Waals surface area contributed by atoms with Crippen LogP contribution >= 0.6 is 0 Å². The fourth-order valence-electron chi connectivity index (χ4n) is 3.83. The number of piperazine rings is 1. The molecule has 1 unspecified atom stereocenters. The minimum Gasteiger partial charge on any atom is -0.497 e. The Hall–Kier alpha value is -3.79. The summed E-state index contributed by atoms with van der Waals surface area (Å²) >= 11 is 0. The van der Waals surface area contributed by atoms with Crippen molar-refractivity contribution in [2.24, 2.45) is 0 Å². The summed E-state index contributed by atoms with van der Waals surface area (Å²) in [5, 5.41) is 19.1. The summed E-state index contributed by atoms with van der Waals surface area (Å²) < 4.78 is 11.1. The topological polar surface area (TPSA) is 115 Å². The zero-order valence-corrected chi connectivity index (χ0v) is 18.5. The number of non-ortho nitro benzene ring substituents is 1. The summed E-state index contributed by atoms with van der Waals surface area (Å²) in [6.07, 6.45) is 0.342. The van der Waals surface area contributed by atoms with Gasteiger partial charge < -0.3 is 14.1 Å². The van der Waals surface area contributed by atoms with Gasteiger partial charge in [-0.05, 0) is 36.8 Å². The predicted molar refractivity (Wildman–Crippen MR) is 120 cm³/mol. The van der Waals surface area contributed by atoms with Gasteiger partial charge in [-0.2, -0.15) is 0 Å². The van der Waals surface area contributed by atoms with Crippen LogP contribution in [0.25, 0.3) is 11.5 Å². The van der Waals surface area contributed by atoms with Gasteiger partial charge in [0.15, 0.2) is 0 Å². The third-order valence-electron chi connectivity index (χ3n) is 5.83. The van der Waals surface area contributed by atoms with Crippen molar-refractivity contribution in [3.8, 4) is 17.2 Å². The summed E-state index contributed by atoms with van der Waals surface area (Å²) in [5.41, 5.74) is 1.56. The third-order valence-corrected chi connectivity index (χ3v) is 5.83. The first kappa shape index (κ1) is 22.4. The molecule has 33 heavy (non-hydrogen) atoms. The summed E-state index contributed by atoms with van der Waals surface area (Å²) in [7, 11) is 1.61. The van der Waals surface area contributed by atoms with Gasteiger partial charge in [-0.1, -0.05) is 12.1 Å². The highest BCUT2D eigenvalue weighted by Gasteiger charge is 2.27. The fourth-order valence-corrected chi connectivity index (χ4v) is 3.83. The van der Waals surface area contributed by atoms with E-state index < -0.39 is 4.92 Å². The summed E-state index contributed by atoms with van der Waals surface area (Å²) in [4.78, 5) is 27.2. The average Bonchev–Trinajstić information content (AvgIpc) is 3.34. The fraction of sp³-hybridized carbons (Fsp3) is 0.348. The van der Waals surface area contributed by atoms with Gasteiger partial charge >= 0.3 is 0 Å². The molecule has 2 heterocycles. The van der Waals surface area contributed by atoms with E-state index in [9.17, 15) is 14.9 Å². The molecule has 1 aliphatic rings. The van der Waals surface area contributed by atoms with Gasteiger partial charge in [0.05, 0.1) is 24.5 Å². The summed E-state index contributed by atoms with van der Waals surface area (Å²) in [6.45, 7) is 4.62. The van der Waals surface area contributed by atoms with Gasteiger partial charge in [0.25, 0.3) is 5.69 Å². The number of nitro benzene ring substituents is 1. The minimum absolute atomic E-state index is 0.00526. The number of nitrogens with zero attached hydrogens (tertiary/aromatic N) is 5. The van der Waals surface area contributed by atoms with E-state index in [0.717, 1.165) is 11.3 Å². The lowest BCUT2D eigenvalue weighted by Gasteiger charge is -2.37. The van der Waals surface area contributed by atoms with Crippen LogP contribution in [-0.4, -0.2) is 64.1 Å². The molecule has 0 spiro atoms. The summed E-state index contributed by atoms with van der Waals surface area (Å²) in [6, 6.07) is 13.4. The molecular weight excluding hydrogens is 426 g/mol. The van der Waals surface area contributed by atoms with Crippen LogP contribution in [0.2, 0.25) is 0 Å². The smallest absolute Gasteiger partial charge is 0.269 e. The van der Waals surface area contributed by atoms with Crippen molar-refractivity contribution in [3.63, 3.8) is 0 Å². The predicted octanol–water partition coefficient (Wildman–Crippen LogP) is 3.10. The van der Waals surface area contributed by atoms with Gasteiger partial charge in [-0.25, -0.2) is 0 Å². The molecule has 3 aromatic rings. The zero-order chi connectivity index (χ0) is 23.4. The second kappa shape index (κ2) is 9.78. The lowest BCUT2D eigenvalue weighted by Crippen LogP contribution is -2.49. The number of aromatic nitrogens is 2. The first-order valence-electron chi connectivity index (χ1n) is 10.7. The molecule has 0 aliphatic carbocycles. The van der Waals surface area contributed by atoms with E-state index in [2.05, 4.69) is 15.1 Å². The number of hydrogen-bond acceptors (Lipinski definition) is 8. The molecule has 1 aliphatic heterocycles. The van der Waals surface area contributed by atoms with Crippen molar-refractivity contribution in [1.29, 1.82) is 0 Å². The number of carbonyl (C=O) groups is 1. The number of amides is 1. The molecule has 1 atom stereocenters. The molecule has 4 rings (SSSR count). The maximum Gasteiger partial charge on any atom is 0.269 e. The van der Waals surface area contributed by atoms with Crippen molar-refractivity contribution >= 4 is 11.6 Å². The Balaban J connectivity index is 1.33. The maximum absolute atomic E-state index is 12.7. The van der Waals surface area contributed by atoms with Gasteiger partial charge in [0, 0.05) is 43.9 Å². The molecule has 1 fully saturated rings. The Kier molecular flexibility index (Phi) is 6.64. The number of rotatable bonds is 7. The Morgan fingerprint density at radius 2 is 1.88 bits per heavy atom. The van der Waals surface area contributed by atoms with Crippen LogP contribution in [-0.2, 0) is 11.2 Å². The Morgan fingerprint density at radius 1 is 1.15 bits per heavy atom. The molecule has 0 radical (unpaired) electrons. The van der Waals surface area contributed by atoms with E-state index >= 15 is 0 Å². The SMILES string of the molecule is COc1cccc(CC(=O)N2CCN(C(C)c3nnc(-c4ccc([N+](=O)[O-])cc4)o3)CC2)c1. The lowest BCUT2D eigenvalue weighted by atomic mass is 10.1. The molecule has 1 saturated heterocycles. The van der Waals surface area contributed by atoms with Gasteiger partial charge in [-0.15, -0.1) is 10.2 Å². The van der Waals surface area contributed by atoms with E-state index in [0.29, 0.717) is 49.9 Å². The van der Waals surface area contributed by atoms with Crippen molar-refractivity contribution in [3.05, 3.63) is 70.1 Å². The van der Waals surface area contributed by atoms with E-state index in [1.54, 1.807) is 19.2 Å². The number of benzene rings is 2. The third kappa shape index (κ3) is 5.17. The Morgan fingerprint density at radius 3 is 2.55 bits per heavy atom. The molecule has 10 heteroatoms. The molecule has 1 aromatic heterocycles. The average molecular weight is 451 g/mol. The highest BCUT2D eigenvalue weighted by atomic mass is 16.6. The van der Waals surface area contributed by atoms with Crippen molar-refractivity contribution in [2.45, 2.75) is 19.4 Å². The zero-order valence-electron chi connectivity index (χ0n) is 18.5. The van der Waals surface area contributed by atoms with Crippen molar-refractivity contribution in [1.82, 2.24) is 20.0 Å². The van der Waals surface area contributed by atoms with Crippen LogP contribution < -0.4 is 4.74 Å². The second-order valence-corrected chi connectivity index (χ2v) is 7.87. The molecular formula is C23H25N5O5. The first-order chi connectivity index (χ1) is 15.9. The standard InChI is InChI=1S/C23H25N5O5/c1-16(22-24-25-23(33-22)18-6-8-19(9-7-18)28(30)31)26-10-12-27(13-11-26)21(29)15-17-4-3-5-20(14-17)32-2/h3-9,14,16H,10-13,15H2,1-2H3. The minimum atomic E-state index is -0.452. The van der Waals surface area contributed by atoms with Gasteiger partial charge in [0.1, 0.15) is 5.75 Å². The monoisotopic (exact) mass is 451 g/mol. The molecule has 1 amide bonds. The largest absolute Gasteiger partial charge is 0.497 e. The Bertz CT molecular complexity index is 1120. The number of ether oxygens (including phenoxy) is 1. The van der Waals surface area contributed by atoms with Crippen LogP contribution in [0.1, 0.15) is 24.4 Å². The van der Waals surface area contributed by atoms with Crippen LogP contribution in [0.4, 0.5) is 5.69 Å². The first-order valence-corrected chi connectivity index (χ1v) is 10.7. The normalized spacial score (nSPS) is 15.3. The molecule has 2 aromatic carbocycles. The molecule has 0 saturated carbocycles. The van der Waals surface area contributed by atoms with E-state index in [4.69, 9.17) is 9.15 Å². The number of nitro groups is 1. The highest BCUT2D eigenvalue weighted by Crippen LogP contribution is 2.26. The highest BCUT2D eigenvalue weighted by molar-refractivity contribution is 5.79. The molecule has 172 valence electrons. The van der Waals surface area contributed by atoms with Crippen LogP contribution in [0.5, 0.6) is 5.75 Å². The quantitative estimate of drug-likeness (QED) is 0.398. The molecule has 0 bridgehead atoms. The van der Waals surface area contributed by atoms with Gasteiger partial charge in [-0.3, -0.25) is 19.8 Å². The van der Waals surface area contributed by atoms with E-state index in [1.807, 2.05) is 36.1 Å². The van der Waals surface area contributed by atoms with Crippen molar-refractivity contribution in [2.75, 3.05) is 33.3 Å². The second-order valence-electron chi connectivity index (χ2n) is 7.87. The van der Waals surface area contributed by atoms with E-state index in [-0.39, 0.29) is 17.6 Å². The van der Waals surface area contributed by atoms with Crippen LogP contribution in [0, 0.1) is 10.1 Å². The number of carbonyl (C=O) groups excluding carboxylic acids is 1. The summed E-state index contributed by atoms with van der Waals surface area (Å²) in [5.74, 6) is 1.62. The number of hydrogen-bond donors (Lipinski definition) is 0. The molecule has 0 N–H and O–H groups in total.